The minimum Gasteiger partial charge on any atom is -0.497 e. The third kappa shape index (κ3) is 4.53. The molecule has 6 nitrogen and oxygen atoms in total. The summed E-state index contributed by atoms with van der Waals surface area (Å²) >= 11 is 0. The van der Waals surface area contributed by atoms with E-state index in [1.807, 2.05) is 24.3 Å². The third-order valence-electron chi connectivity index (χ3n) is 4.46. The number of aliphatic hydroxyl groups excluding tert-OH is 1. The first-order valence-electron chi connectivity index (χ1n) is 8.70. The maximum Gasteiger partial charge on any atom is 0.251 e. The fourth-order valence-corrected chi connectivity index (χ4v) is 2.88. The summed E-state index contributed by atoms with van der Waals surface area (Å²) in [6.07, 6.45) is -0.754. The molecule has 1 atom stereocenters. The molecule has 0 bridgehead atoms. The number of methoxy groups -OCH3 is 1. The van der Waals surface area contributed by atoms with Crippen LogP contribution < -0.4 is 15.0 Å². The topological polar surface area (TPSA) is 71.0 Å². The van der Waals surface area contributed by atoms with Crippen LogP contribution in [-0.2, 0) is 4.74 Å². The number of morpholine rings is 1. The van der Waals surface area contributed by atoms with Crippen LogP contribution in [0.4, 0.5) is 5.69 Å². The number of amides is 1. The van der Waals surface area contributed by atoms with Crippen LogP contribution in [0.25, 0.3) is 0 Å². The van der Waals surface area contributed by atoms with Gasteiger partial charge in [0.05, 0.1) is 26.4 Å². The molecule has 1 heterocycles. The minimum atomic E-state index is -0.754. The van der Waals surface area contributed by atoms with Gasteiger partial charge in [0, 0.05) is 30.9 Å². The number of ether oxygens (including phenoxy) is 2. The zero-order valence-electron chi connectivity index (χ0n) is 14.9. The lowest BCUT2D eigenvalue weighted by Crippen LogP contribution is -2.36. The first-order chi connectivity index (χ1) is 12.7. The van der Waals surface area contributed by atoms with E-state index in [1.54, 1.807) is 31.4 Å². The van der Waals surface area contributed by atoms with Crippen LogP contribution in [0.15, 0.2) is 48.5 Å². The molecule has 1 unspecified atom stereocenters. The van der Waals surface area contributed by atoms with Gasteiger partial charge in [-0.15, -0.1) is 0 Å². The van der Waals surface area contributed by atoms with E-state index in [2.05, 4.69) is 10.2 Å². The number of benzene rings is 2. The summed E-state index contributed by atoms with van der Waals surface area (Å²) in [7, 11) is 1.58. The molecule has 2 aromatic carbocycles. The molecule has 1 saturated heterocycles. The summed E-state index contributed by atoms with van der Waals surface area (Å²) in [6.45, 7) is 3.38. The number of hydrogen-bond donors (Lipinski definition) is 2. The molecule has 0 spiro atoms. The first kappa shape index (κ1) is 18.2. The number of carbonyl (C=O) groups excluding carboxylic acids is 1. The second-order valence-electron chi connectivity index (χ2n) is 6.15. The van der Waals surface area contributed by atoms with Gasteiger partial charge in [-0.3, -0.25) is 4.79 Å². The molecule has 1 aliphatic heterocycles. The smallest absolute Gasteiger partial charge is 0.251 e. The van der Waals surface area contributed by atoms with Crippen molar-refractivity contribution in [3.63, 3.8) is 0 Å². The standard InChI is InChI=1S/C20H24N2O4/c1-25-18-8-4-16(5-9-18)20(24)21-14-19(23)15-2-6-17(7-3-15)22-10-12-26-13-11-22/h2-9,19,23H,10-14H2,1H3,(H,21,24). The fraction of sp³-hybridized carbons (Fsp3) is 0.350. The predicted octanol–water partition coefficient (Wildman–Crippen LogP) is 2.00. The highest BCUT2D eigenvalue weighted by molar-refractivity contribution is 5.94. The fourth-order valence-electron chi connectivity index (χ4n) is 2.88. The molecule has 26 heavy (non-hydrogen) atoms. The van der Waals surface area contributed by atoms with Gasteiger partial charge in [0.15, 0.2) is 0 Å². The van der Waals surface area contributed by atoms with Gasteiger partial charge in [-0.05, 0) is 42.0 Å². The van der Waals surface area contributed by atoms with Crippen molar-refractivity contribution in [2.75, 3.05) is 44.9 Å². The van der Waals surface area contributed by atoms with Crippen molar-refractivity contribution < 1.29 is 19.4 Å². The van der Waals surface area contributed by atoms with E-state index >= 15 is 0 Å². The van der Waals surface area contributed by atoms with Gasteiger partial charge in [-0.1, -0.05) is 12.1 Å². The van der Waals surface area contributed by atoms with Crippen molar-refractivity contribution in [3.8, 4) is 5.75 Å². The van der Waals surface area contributed by atoms with Crippen LogP contribution >= 0.6 is 0 Å². The van der Waals surface area contributed by atoms with Crippen molar-refractivity contribution in [3.05, 3.63) is 59.7 Å². The van der Waals surface area contributed by atoms with Gasteiger partial charge in [-0.25, -0.2) is 0 Å². The van der Waals surface area contributed by atoms with E-state index < -0.39 is 6.10 Å². The molecule has 0 aromatic heterocycles. The van der Waals surface area contributed by atoms with Gasteiger partial charge in [0.1, 0.15) is 5.75 Å². The Morgan fingerprint density at radius 3 is 2.42 bits per heavy atom. The van der Waals surface area contributed by atoms with E-state index in [-0.39, 0.29) is 12.5 Å². The van der Waals surface area contributed by atoms with E-state index in [1.165, 1.54) is 0 Å². The predicted molar refractivity (Wildman–Crippen MR) is 99.8 cm³/mol. The Morgan fingerprint density at radius 2 is 1.81 bits per heavy atom. The van der Waals surface area contributed by atoms with Crippen molar-refractivity contribution >= 4 is 11.6 Å². The van der Waals surface area contributed by atoms with Crippen LogP contribution in [0.5, 0.6) is 5.75 Å². The summed E-state index contributed by atoms with van der Waals surface area (Å²) < 4.78 is 10.4. The first-order valence-corrected chi connectivity index (χ1v) is 8.70. The number of nitrogens with zero attached hydrogens (tertiary/aromatic N) is 1. The average Bonchev–Trinajstić information content (AvgIpc) is 2.72. The molecule has 1 fully saturated rings. The molecule has 0 radical (unpaired) electrons. The summed E-state index contributed by atoms with van der Waals surface area (Å²) in [5, 5.41) is 13.1. The highest BCUT2D eigenvalue weighted by atomic mass is 16.5. The molecule has 0 saturated carbocycles. The molecule has 1 amide bonds. The van der Waals surface area contributed by atoms with Crippen LogP contribution in [0.1, 0.15) is 22.0 Å². The second-order valence-corrected chi connectivity index (χ2v) is 6.15. The second kappa shape index (κ2) is 8.69. The van der Waals surface area contributed by atoms with Gasteiger partial charge in [-0.2, -0.15) is 0 Å². The highest BCUT2D eigenvalue weighted by Gasteiger charge is 2.14. The number of carbonyl (C=O) groups is 1. The molecule has 2 N–H and O–H groups in total. The Bertz CT molecular complexity index is 710. The molecule has 6 heteroatoms. The Morgan fingerprint density at radius 1 is 1.15 bits per heavy atom. The van der Waals surface area contributed by atoms with Gasteiger partial charge in [0.2, 0.25) is 0 Å². The Kier molecular flexibility index (Phi) is 6.09. The Balaban J connectivity index is 1.53. The monoisotopic (exact) mass is 356 g/mol. The van der Waals surface area contributed by atoms with Crippen LogP contribution in [-0.4, -0.2) is 51.0 Å². The highest BCUT2D eigenvalue weighted by Crippen LogP contribution is 2.20. The van der Waals surface area contributed by atoms with Gasteiger partial charge in [0.25, 0.3) is 5.91 Å². The maximum absolute atomic E-state index is 12.2. The normalized spacial score (nSPS) is 15.4. The maximum atomic E-state index is 12.2. The average molecular weight is 356 g/mol. The van der Waals surface area contributed by atoms with E-state index in [0.29, 0.717) is 11.3 Å². The van der Waals surface area contributed by atoms with E-state index in [0.717, 1.165) is 37.6 Å². The van der Waals surface area contributed by atoms with Gasteiger partial charge < -0.3 is 24.8 Å². The van der Waals surface area contributed by atoms with Crippen molar-refractivity contribution in [2.24, 2.45) is 0 Å². The molecular weight excluding hydrogens is 332 g/mol. The Labute approximate surface area is 153 Å². The van der Waals surface area contributed by atoms with Crippen molar-refractivity contribution in [2.45, 2.75) is 6.10 Å². The number of rotatable bonds is 6. The summed E-state index contributed by atoms with van der Waals surface area (Å²) in [6, 6.07) is 14.6. The summed E-state index contributed by atoms with van der Waals surface area (Å²) in [4.78, 5) is 14.4. The van der Waals surface area contributed by atoms with Gasteiger partial charge >= 0.3 is 0 Å². The number of anilines is 1. The number of nitrogens with one attached hydrogen (secondary N) is 1. The van der Waals surface area contributed by atoms with Crippen LogP contribution in [0.2, 0.25) is 0 Å². The molecule has 2 aromatic rings. The van der Waals surface area contributed by atoms with Crippen LogP contribution in [0.3, 0.4) is 0 Å². The Hall–Kier alpha value is -2.57. The largest absolute Gasteiger partial charge is 0.497 e. The zero-order valence-corrected chi connectivity index (χ0v) is 14.9. The quantitative estimate of drug-likeness (QED) is 0.828. The molecule has 1 aliphatic rings. The molecule has 0 aliphatic carbocycles. The van der Waals surface area contributed by atoms with E-state index in [4.69, 9.17) is 9.47 Å². The third-order valence-corrected chi connectivity index (χ3v) is 4.46. The van der Waals surface area contributed by atoms with Crippen LogP contribution in [0, 0.1) is 0 Å². The zero-order chi connectivity index (χ0) is 18.4. The number of hydrogen-bond acceptors (Lipinski definition) is 5. The lowest BCUT2D eigenvalue weighted by atomic mass is 10.1. The van der Waals surface area contributed by atoms with Crippen molar-refractivity contribution in [1.29, 1.82) is 0 Å². The van der Waals surface area contributed by atoms with Crippen molar-refractivity contribution in [1.82, 2.24) is 5.32 Å². The SMILES string of the molecule is COc1ccc(C(=O)NCC(O)c2ccc(N3CCOCC3)cc2)cc1. The molecule has 3 rings (SSSR count). The van der Waals surface area contributed by atoms with E-state index in [9.17, 15) is 9.90 Å². The lowest BCUT2D eigenvalue weighted by Gasteiger charge is -2.29. The summed E-state index contributed by atoms with van der Waals surface area (Å²) in [5.74, 6) is 0.471. The lowest BCUT2D eigenvalue weighted by molar-refractivity contribution is 0.0916. The minimum absolute atomic E-state index is 0.155. The molecular formula is C20H24N2O4. The molecule has 138 valence electrons. The summed E-state index contributed by atoms with van der Waals surface area (Å²) in [5.41, 5.74) is 2.42. The number of aliphatic hydroxyl groups is 1.